The topological polar surface area (TPSA) is 74.9 Å². The van der Waals surface area contributed by atoms with Crippen molar-refractivity contribution < 1.29 is 19.1 Å². The van der Waals surface area contributed by atoms with Gasteiger partial charge >= 0.3 is 5.97 Å². The molecule has 0 N–H and O–H groups in total. The van der Waals surface area contributed by atoms with Crippen LogP contribution in [0.25, 0.3) is 5.69 Å². The molecule has 0 fully saturated rings. The van der Waals surface area contributed by atoms with E-state index < -0.39 is 5.92 Å². The Morgan fingerprint density at radius 2 is 1.58 bits per heavy atom. The number of rotatable bonds is 12. The van der Waals surface area contributed by atoms with Gasteiger partial charge in [-0.1, -0.05) is 43.3 Å². The van der Waals surface area contributed by atoms with Crippen molar-refractivity contribution in [3.63, 3.8) is 0 Å². The number of nitrogens with zero attached hydrogens (tertiary/aromatic N) is 3. The first kappa shape index (κ1) is 27.0. The number of carbonyl (C=O) groups excluding carboxylic acids is 1. The highest BCUT2D eigenvalue weighted by atomic mass is 16.6. The highest BCUT2D eigenvalue weighted by Crippen LogP contribution is 2.19. The van der Waals surface area contributed by atoms with Gasteiger partial charge in [0.15, 0.2) is 0 Å². The van der Waals surface area contributed by atoms with Crippen molar-refractivity contribution in [1.29, 1.82) is 0 Å². The second-order valence-corrected chi connectivity index (χ2v) is 9.66. The number of hydrogen-bond donors (Lipinski definition) is 0. The van der Waals surface area contributed by atoms with E-state index >= 15 is 0 Å². The van der Waals surface area contributed by atoms with Crippen molar-refractivity contribution in [3.8, 4) is 11.4 Å². The lowest BCUT2D eigenvalue weighted by Crippen LogP contribution is -2.26. The highest BCUT2D eigenvalue weighted by Gasteiger charge is 2.24. The SMILES string of the molecule is COC(=O)C(Cc1ccc(OCc2cnn(-c3ccc(CC(C)C)cc3)c2)cc1)/C(C)=N/OC(C)C. The van der Waals surface area contributed by atoms with Gasteiger partial charge in [-0.2, -0.15) is 5.10 Å². The van der Waals surface area contributed by atoms with Gasteiger partial charge in [0.05, 0.1) is 24.7 Å². The first-order valence-corrected chi connectivity index (χ1v) is 12.4. The predicted molar refractivity (Wildman–Crippen MR) is 141 cm³/mol. The Balaban J connectivity index is 1.58. The summed E-state index contributed by atoms with van der Waals surface area (Å²) in [5.74, 6) is 0.531. The van der Waals surface area contributed by atoms with Crippen LogP contribution in [0.5, 0.6) is 5.75 Å². The van der Waals surface area contributed by atoms with Crippen LogP contribution in [0.3, 0.4) is 0 Å². The van der Waals surface area contributed by atoms with E-state index in [4.69, 9.17) is 14.3 Å². The van der Waals surface area contributed by atoms with Crippen molar-refractivity contribution in [1.82, 2.24) is 9.78 Å². The Labute approximate surface area is 214 Å². The Bertz CT molecular complexity index is 1130. The van der Waals surface area contributed by atoms with Crippen LogP contribution in [-0.2, 0) is 33.8 Å². The third kappa shape index (κ3) is 7.97. The maximum Gasteiger partial charge on any atom is 0.314 e. The molecule has 1 atom stereocenters. The third-order valence-corrected chi connectivity index (χ3v) is 5.65. The zero-order chi connectivity index (χ0) is 26.1. The average molecular weight is 492 g/mol. The van der Waals surface area contributed by atoms with E-state index in [9.17, 15) is 4.79 Å². The number of oxime groups is 1. The van der Waals surface area contributed by atoms with Crippen molar-refractivity contribution in [2.45, 2.75) is 60.2 Å². The fourth-order valence-electron chi connectivity index (χ4n) is 3.75. The van der Waals surface area contributed by atoms with E-state index in [-0.39, 0.29) is 12.1 Å². The second-order valence-electron chi connectivity index (χ2n) is 9.66. The number of benzene rings is 2. The van der Waals surface area contributed by atoms with Gasteiger partial charge < -0.3 is 14.3 Å². The summed E-state index contributed by atoms with van der Waals surface area (Å²) in [6.07, 6.45) is 5.27. The van der Waals surface area contributed by atoms with Crippen LogP contribution in [0.1, 0.15) is 51.3 Å². The molecular formula is C29H37N3O4. The largest absolute Gasteiger partial charge is 0.489 e. The third-order valence-electron chi connectivity index (χ3n) is 5.65. The van der Waals surface area contributed by atoms with Crippen LogP contribution < -0.4 is 4.74 Å². The first-order valence-electron chi connectivity index (χ1n) is 12.4. The molecule has 1 aromatic heterocycles. The number of aromatic nitrogens is 2. The van der Waals surface area contributed by atoms with Gasteiger partial charge in [0.25, 0.3) is 0 Å². The van der Waals surface area contributed by atoms with Gasteiger partial charge in [-0.15, -0.1) is 0 Å². The highest BCUT2D eigenvalue weighted by molar-refractivity contribution is 6.00. The molecule has 1 heterocycles. The van der Waals surface area contributed by atoms with Gasteiger partial charge in [-0.05, 0) is 74.9 Å². The van der Waals surface area contributed by atoms with Crippen LogP contribution in [0.15, 0.2) is 66.1 Å². The molecule has 0 saturated carbocycles. The van der Waals surface area contributed by atoms with E-state index in [0.29, 0.717) is 24.7 Å². The minimum atomic E-state index is -0.509. The lowest BCUT2D eigenvalue weighted by atomic mass is 9.95. The summed E-state index contributed by atoms with van der Waals surface area (Å²) in [5, 5.41) is 8.57. The fraction of sp³-hybridized carbons (Fsp3) is 0.414. The molecule has 0 aliphatic heterocycles. The van der Waals surface area contributed by atoms with Crippen molar-refractivity contribution in [2.75, 3.05) is 7.11 Å². The van der Waals surface area contributed by atoms with Gasteiger partial charge in [0, 0.05) is 11.8 Å². The summed E-state index contributed by atoms with van der Waals surface area (Å²) in [6.45, 7) is 10.4. The molecule has 0 radical (unpaired) electrons. The molecule has 0 saturated heterocycles. The first-order chi connectivity index (χ1) is 17.2. The number of methoxy groups -OCH3 is 1. The van der Waals surface area contributed by atoms with Gasteiger partial charge in [0.1, 0.15) is 24.4 Å². The Morgan fingerprint density at radius 1 is 0.944 bits per heavy atom. The summed E-state index contributed by atoms with van der Waals surface area (Å²) >= 11 is 0. The summed E-state index contributed by atoms with van der Waals surface area (Å²) in [4.78, 5) is 17.6. The lowest BCUT2D eigenvalue weighted by molar-refractivity contribution is -0.143. The normalized spacial score (nSPS) is 12.6. The molecule has 0 aliphatic carbocycles. The fourth-order valence-corrected chi connectivity index (χ4v) is 3.75. The molecule has 2 aromatic carbocycles. The smallest absolute Gasteiger partial charge is 0.314 e. The quantitative estimate of drug-likeness (QED) is 0.182. The van der Waals surface area contributed by atoms with E-state index in [1.807, 2.05) is 55.2 Å². The molecule has 0 aliphatic rings. The minimum absolute atomic E-state index is 0.0583. The molecule has 36 heavy (non-hydrogen) atoms. The van der Waals surface area contributed by atoms with Gasteiger partial charge in [-0.3, -0.25) is 4.79 Å². The van der Waals surface area contributed by atoms with Crippen LogP contribution in [-0.4, -0.2) is 34.7 Å². The molecule has 192 valence electrons. The molecule has 1 unspecified atom stereocenters. The molecule has 0 spiro atoms. The zero-order valence-electron chi connectivity index (χ0n) is 22.1. The molecule has 3 aromatic rings. The molecule has 7 nitrogen and oxygen atoms in total. The lowest BCUT2D eigenvalue weighted by Gasteiger charge is -2.15. The maximum absolute atomic E-state index is 12.3. The van der Waals surface area contributed by atoms with E-state index in [0.717, 1.165) is 29.0 Å². The van der Waals surface area contributed by atoms with Crippen molar-refractivity contribution in [2.24, 2.45) is 17.0 Å². The summed E-state index contributed by atoms with van der Waals surface area (Å²) < 4.78 is 12.8. The van der Waals surface area contributed by atoms with E-state index in [1.165, 1.54) is 12.7 Å². The van der Waals surface area contributed by atoms with Crippen molar-refractivity contribution >= 4 is 11.7 Å². The summed E-state index contributed by atoms with van der Waals surface area (Å²) in [5.41, 5.74) is 4.90. The number of carbonyl (C=O) groups is 1. The number of ether oxygens (including phenoxy) is 2. The maximum atomic E-state index is 12.3. The van der Waals surface area contributed by atoms with Crippen LogP contribution in [0.2, 0.25) is 0 Å². The van der Waals surface area contributed by atoms with E-state index in [1.54, 1.807) is 6.92 Å². The number of hydrogen-bond acceptors (Lipinski definition) is 6. The monoisotopic (exact) mass is 491 g/mol. The molecule has 0 bridgehead atoms. The van der Waals surface area contributed by atoms with Crippen molar-refractivity contribution in [3.05, 3.63) is 77.6 Å². The van der Waals surface area contributed by atoms with E-state index in [2.05, 4.69) is 48.4 Å². The predicted octanol–water partition coefficient (Wildman–Crippen LogP) is 5.78. The second kappa shape index (κ2) is 12.9. The van der Waals surface area contributed by atoms with Gasteiger partial charge in [-0.25, -0.2) is 4.68 Å². The molecule has 0 amide bonds. The standard InChI is InChI=1S/C29H37N3O4/c1-20(2)15-23-7-11-26(12-8-23)32-18-25(17-30-32)19-35-27-13-9-24(10-14-27)16-28(29(33)34-6)22(5)31-36-21(3)4/h7-14,17-18,20-21,28H,15-16,19H2,1-6H3/b31-22+. The molecular weight excluding hydrogens is 454 g/mol. The Kier molecular flexibility index (Phi) is 9.68. The molecule has 7 heteroatoms. The Hall–Kier alpha value is -3.61. The van der Waals surface area contributed by atoms with Crippen LogP contribution in [0, 0.1) is 11.8 Å². The van der Waals surface area contributed by atoms with Gasteiger partial charge in [0.2, 0.25) is 0 Å². The minimum Gasteiger partial charge on any atom is -0.489 e. The summed E-state index contributed by atoms with van der Waals surface area (Å²) in [7, 11) is 1.38. The Morgan fingerprint density at radius 3 is 2.19 bits per heavy atom. The molecule has 3 rings (SSSR count). The average Bonchev–Trinajstić information content (AvgIpc) is 3.34. The van der Waals surface area contributed by atoms with Crippen LogP contribution in [0.4, 0.5) is 0 Å². The zero-order valence-corrected chi connectivity index (χ0v) is 22.1. The van der Waals surface area contributed by atoms with Crippen LogP contribution >= 0.6 is 0 Å². The summed E-state index contributed by atoms with van der Waals surface area (Å²) in [6, 6.07) is 16.2. The number of esters is 1.